The van der Waals surface area contributed by atoms with Gasteiger partial charge in [-0.05, 0) is 18.9 Å². The Morgan fingerprint density at radius 3 is 2.33 bits per heavy atom. The van der Waals surface area contributed by atoms with Crippen LogP contribution in [0.2, 0.25) is 10.2 Å². The van der Waals surface area contributed by atoms with E-state index in [2.05, 4.69) is 4.98 Å². The molecule has 18 heavy (non-hydrogen) atoms. The molecule has 0 bridgehead atoms. The molecule has 96 valence electrons. The molecule has 2 amide bonds. The van der Waals surface area contributed by atoms with Crippen molar-refractivity contribution in [1.29, 1.82) is 0 Å². The van der Waals surface area contributed by atoms with Gasteiger partial charge in [-0.1, -0.05) is 23.2 Å². The monoisotopic (exact) mass is 286 g/mol. The van der Waals surface area contributed by atoms with Gasteiger partial charge in [-0.2, -0.15) is 0 Å². The van der Waals surface area contributed by atoms with Crippen LogP contribution in [-0.4, -0.2) is 21.7 Å². The number of nitrogens with zero attached hydrogens (tertiary/aromatic N) is 2. The Kier molecular flexibility index (Phi) is 4.19. The van der Waals surface area contributed by atoms with Gasteiger partial charge in [0.2, 0.25) is 11.8 Å². The fourth-order valence-corrected chi connectivity index (χ4v) is 2.29. The topological polar surface area (TPSA) is 50.3 Å². The Hall–Kier alpha value is -1.13. The second kappa shape index (κ2) is 5.67. The fourth-order valence-electron chi connectivity index (χ4n) is 1.86. The van der Waals surface area contributed by atoms with Crippen molar-refractivity contribution < 1.29 is 9.59 Å². The maximum Gasteiger partial charge on any atom is 0.229 e. The van der Waals surface area contributed by atoms with Crippen molar-refractivity contribution in [3.63, 3.8) is 0 Å². The first-order chi connectivity index (χ1) is 8.58. The summed E-state index contributed by atoms with van der Waals surface area (Å²) in [7, 11) is 0. The molecule has 1 fully saturated rings. The largest absolute Gasteiger partial charge is 0.278 e. The molecule has 2 heterocycles. The first kappa shape index (κ1) is 13.3. The third kappa shape index (κ3) is 3.00. The molecular weight excluding hydrogens is 275 g/mol. The van der Waals surface area contributed by atoms with Crippen LogP contribution < -0.4 is 0 Å². The van der Waals surface area contributed by atoms with E-state index in [1.165, 1.54) is 17.2 Å². The van der Waals surface area contributed by atoms with Crippen LogP contribution in [-0.2, 0) is 16.1 Å². The van der Waals surface area contributed by atoms with Gasteiger partial charge in [0.1, 0.15) is 5.15 Å². The average Bonchev–Trinajstić information content (AvgIpc) is 2.47. The van der Waals surface area contributed by atoms with E-state index < -0.39 is 0 Å². The minimum absolute atomic E-state index is 0.150. The second-order valence-corrected chi connectivity index (χ2v) is 4.97. The number of aromatic nitrogens is 1. The summed E-state index contributed by atoms with van der Waals surface area (Å²) in [5, 5.41) is 0.706. The van der Waals surface area contributed by atoms with Gasteiger partial charge in [0.25, 0.3) is 0 Å². The number of halogens is 2. The second-order valence-electron chi connectivity index (χ2n) is 4.18. The van der Waals surface area contributed by atoms with Crippen molar-refractivity contribution in [3.8, 4) is 0 Å². The third-order valence-electron chi connectivity index (χ3n) is 2.86. The Morgan fingerprint density at radius 2 is 1.78 bits per heavy atom. The Bertz CT molecular complexity index is 473. The maximum atomic E-state index is 11.8. The highest BCUT2D eigenvalue weighted by atomic mass is 35.5. The number of carbonyl (C=O) groups is 2. The molecule has 0 N–H and O–H groups in total. The molecule has 1 aliphatic rings. The highest BCUT2D eigenvalue weighted by molar-refractivity contribution is 6.34. The van der Waals surface area contributed by atoms with Crippen LogP contribution in [0, 0.1) is 0 Å². The van der Waals surface area contributed by atoms with Gasteiger partial charge in [-0.25, -0.2) is 4.98 Å². The SMILES string of the molecule is O=C1CCCCC(=O)N1Cc1cnc(Cl)cc1Cl. The summed E-state index contributed by atoms with van der Waals surface area (Å²) < 4.78 is 0. The zero-order valence-electron chi connectivity index (χ0n) is 9.66. The van der Waals surface area contributed by atoms with Gasteiger partial charge in [0.15, 0.2) is 0 Å². The van der Waals surface area contributed by atoms with E-state index in [9.17, 15) is 9.59 Å². The van der Waals surface area contributed by atoms with Crippen molar-refractivity contribution in [2.75, 3.05) is 0 Å². The van der Waals surface area contributed by atoms with Crippen LogP contribution in [0.3, 0.4) is 0 Å². The summed E-state index contributed by atoms with van der Waals surface area (Å²) in [5.41, 5.74) is 0.629. The smallest absolute Gasteiger partial charge is 0.229 e. The lowest BCUT2D eigenvalue weighted by molar-refractivity contribution is -0.144. The Balaban J connectivity index is 2.20. The van der Waals surface area contributed by atoms with Crippen LogP contribution in [0.25, 0.3) is 0 Å². The maximum absolute atomic E-state index is 11.8. The van der Waals surface area contributed by atoms with Crippen molar-refractivity contribution >= 4 is 35.0 Å². The molecule has 0 spiro atoms. The third-order valence-corrected chi connectivity index (χ3v) is 3.42. The van der Waals surface area contributed by atoms with Gasteiger partial charge in [-0.3, -0.25) is 14.5 Å². The van der Waals surface area contributed by atoms with Crippen molar-refractivity contribution in [1.82, 2.24) is 9.88 Å². The minimum Gasteiger partial charge on any atom is -0.278 e. The molecule has 2 rings (SSSR count). The molecule has 1 aliphatic heterocycles. The van der Waals surface area contributed by atoms with Crippen molar-refractivity contribution in [2.45, 2.75) is 32.2 Å². The normalized spacial score (nSPS) is 16.9. The molecule has 1 saturated heterocycles. The Labute approximate surface area is 115 Å². The molecular formula is C12H12Cl2N2O2. The number of hydrogen-bond acceptors (Lipinski definition) is 3. The molecule has 0 aromatic carbocycles. The lowest BCUT2D eigenvalue weighted by atomic mass is 10.2. The fraction of sp³-hybridized carbons (Fsp3) is 0.417. The van der Waals surface area contributed by atoms with Gasteiger partial charge < -0.3 is 0 Å². The average molecular weight is 287 g/mol. The Morgan fingerprint density at radius 1 is 1.17 bits per heavy atom. The van der Waals surface area contributed by atoms with Gasteiger partial charge >= 0.3 is 0 Å². The lowest BCUT2D eigenvalue weighted by Crippen LogP contribution is -2.34. The summed E-state index contributed by atoms with van der Waals surface area (Å²) >= 11 is 11.7. The molecule has 0 aliphatic carbocycles. The summed E-state index contributed by atoms with van der Waals surface area (Å²) in [4.78, 5) is 28.8. The highest BCUT2D eigenvalue weighted by Crippen LogP contribution is 2.22. The number of hydrogen-bond donors (Lipinski definition) is 0. The molecule has 4 nitrogen and oxygen atoms in total. The number of carbonyl (C=O) groups excluding carboxylic acids is 2. The van der Waals surface area contributed by atoms with E-state index in [0.717, 1.165) is 12.8 Å². The quantitative estimate of drug-likeness (QED) is 0.621. The van der Waals surface area contributed by atoms with E-state index in [1.807, 2.05) is 0 Å². The van der Waals surface area contributed by atoms with Gasteiger partial charge in [0, 0.05) is 24.6 Å². The van der Waals surface area contributed by atoms with E-state index in [1.54, 1.807) is 0 Å². The molecule has 0 radical (unpaired) electrons. The first-order valence-electron chi connectivity index (χ1n) is 5.71. The molecule has 1 aromatic rings. The van der Waals surface area contributed by atoms with E-state index in [0.29, 0.717) is 23.4 Å². The molecule has 0 saturated carbocycles. The summed E-state index contributed by atoms with van der Waals surface area (Å²) in [6, 6.07) is 1.51. The molecule has 0 unspecified atom stereocenters. The summed E-state index contributed by atoms with van der Waals surface area (Å²) in [5.74, 6) is -0.299. The zero-order valence-corrected chi connectivity index (χ0v) is 11.2. The van der Waals surface area contributed by atoms with Crippen LogP contribution >= 0.6 is 23.2 Å². The van der Waals surface area contributed by atoms with Crippen molar-refractivity contribution in [2.24, 2.45) is 0 Å². The number of imide groups is 1. The van der Waals surface area contributed by atoms with Crippen molar-refractivity contribution in [3.05, 3.63) is 28.0 Å². The highest BCUT2D eigenvalue weighted by Gasteiger charge is 2.24. The van der Waals surface area contributed by atoms with Crippen LogP contribution in [0.4, 0.5) is 0 Å². The van der Waals surface area contributed by atoms with Crippen LogP contribution in [0.5, 0.6) is 0 Å². The molecule has 6 heteroatoms. The summed E-state index contributed by atoms with van der Waals surface area (Å²) in [6.45, 7) is 0.167. The first-order valence-corrected chi connectivity index (χ1v) is 6.46. The molecule has 0 atom stereocenters. The van der Waals surface area contributed by atoms with Crippen LogP contribution in [0.1, 0.15) is 31.2 Å². The number of likely N-dealkylation sites (tertiary alicyclic amines) is 1. The minimum atomic E-state index is -0.150. The van der Waals surface area contributed by atoms with E-state index >= 15 is 0 Å². The predicted molar refractivity (Wildman–Crippen MR) is 68.3 cm³/mol. The zero-order chi connectivity index (χ0) is 13.1. The van der Waals surface area contributed by atoms with Crippen LogP contribution in [0.15, 0.2) is 12.3 Å². The number of amides is 2. The van der Waals surface area contributed by atoms with Gasteiger partial charge in [-0.15, -0.1) is 0 Å². The van der Waals surface area contributed by atoms with E-state index in [-0.39, 0.29) is 23.5 Å². The van der Waals surface area contributed by atoms with Gasteiger partial charge in [0.05, 0.1) is 11.6 Å². The number of rotatable bonds is 2. The standard InChI is InChI=1S/C12H12Cl2N2O2/c13-9-5-10(14)15-6-8(9)7-16-11(17)3-1-2-4-12(16)18/h5-6H,1-4,7H2. The van der Waals surface area contributed by atoms with E-state index in [4.69, 9.17) is 23.2 Å². The lowest BCUT2D eigenvalue weighted by Gasteiger charge is -2.19. The number of pyridine rings is 1. The summed E-state index contributed by atoms with van der Waals surface area (Å²) in [6.07, 6.45) is 3.83. The predicted octanol–water partition coefficient (Wildman–Crippen LogP) is 2.82. The molecule has 1 aromatic heterocycles.